The van der Waals surface area contributed by atoms with Crippen molar-refractivity contribution >= 4 is 16.9 Å². The molecule has 2 aromatic heterocycles. The number of likely N-dealkylation sites (N-methyl/N-ethyl adjacent to an activating group) is 1. The Morgan fingerprint density at radius 3 is 2.84 bits per heavy atom. The molecule has 0 radical (unpaired) electrons. The molecule has 0 spiro atoms. The maximum absolute atomic E-state index is 5.64. The maximum Gasteiger partial charge on any atom is 0.226 e. The van der Waals surface area contributed by atoms with Crippen molar-refractivity contribution in [3.05, 3.63) is 42.4 Å². The van der Waals surface area contributed by atoms with E-state index in [1.807, 2.05) is 42.2 Å². The van der Waals surface area contributed by atoms with Crippen LogP contribution < -0.4 is 9.64 Å². The predicted molar refractivity (Wildman–Crippen MR) is 125 cm³/mol. The van der Waals surface area contributed by atoms with Crippen molar-refractivity contribution in [3.8, 4) is 5.75 Å². The lowest BCUT2D eigenvalue weighted by atomic mass is 10.1. The Morgan fingerprint density at radius 2 is 2.06 bits per heavy atom. The second-order valence-electron chi connectivity index (χ2n) is 8.19. The van der Waals surface area contributed by atoms with Crippen molar-refractivity contribution in [2.45, 2.75) is 52.6 Å². The summed E-state index contributed by atoms with van der Waals surface area (Å²) in [6, 6.07) is 8.69. The molecule has 3 aromatic rings. The minimum absolute atomic E-state index is 0.598. The van der Waals surface area contributed by atoms with Gasteiger partial charge >= 0.3 is 0 Å². The van der Waals surface area contributed by atoms with E-state index in [4.69, 9.17) is 14.7 Å². The quantitative estimate of drug-likeness (QED) is 0.548. The molecular weight excluding hydrogens is 388 g/mol. The molecule has 1 fully saturated rings. The monoisotopic (exact) mass is 422 g/mol. The zero-order valence-corrected chi connectivity index (χ0v) is 19.0. The molecule has 0 aliphatic carbocycles. The maximum atomic E-state index is 5.64. The molecule has 4 rings (SSSR count). The molecule has 1 aliphatic heterocycles. The van der Waals surface area contributed by atoms with E-state index in [2.05, 4.69) is 34.8 Å². The molecule has 3 heterocycles. The number of aromatic nitrogens is 4. The van der Waals surface area contributed by atoms with Crippen LogP contribution in [0.3, 0.4) is 0 Å². The summed E-state index contributed by atoms with van der Waals surface area (Å²) in [6.45, 7) is 12.0. The minimum atomic E-state index is 0.598. The summed E-state index contributed by atoms with van der Waals surface area (Å²) in [7, 11) is 0. The highest BCUT2D eigenvalue weighted by Gasteiger charge is 2.23. The van der Waals surface area contributed by atoms with Crippen LogP contribution in [-0.2, 0) is 6.54 Å². The molecule has 0 bridgehead atoms. The van der Waals surface area contributed by atoms with E-state index in [0.29, 0.717) is 12.6 Å². The van der Waals surface area contributed by atoms with Gasteiger partial charge in [0.2, 0.25) is 5.95 Å². The van der Waals surface area contributed by atoms with Crippen molar-refractivity contribution in [2.24, 2.45) is 0 Å². The molecular formula is C24H34N6O. The van der Waals surface area contributed by atoms with Crippen LogP contribution >= 0.6 is 0 Å². The lowest BCUT2D eigenvalue weighted by Crippen LogP contribution is -2.38. The van der Waals surface area contributed by atoms with Crippen LogP contribution in [-0.4, -0.2) is 63.5 Å². The molecule has 31 heavy (non-hydrogen) atoms. The highest BCUT2D eigenvalue weighted by molar-refractivity contribution is 5.83. The fraction of sp³-hybridized carbons (Fsp3) is 0.542. The van der Waals surface area contributed by atoms with Crippen LogP contribution in [0.25, 0.3) is 10.9 Å². The van der Waals surface area contributed by atoms with Gasteiger partial charge in [-0.3, -0.25) is 9.58 Å². The largest absolute Gasteiger partial charge is 0.494 e. The van der Waals surface area contributed by atoms with Gasteiger partial charge in [0.1, 0.15) is 5.75 Å². The summed E-state index contributed by atoms with van der Waals surface area (Å²) in [5, 5.41) is 5.41. The molecule has 166 valence electrons. The van der Waals surface area contributed by atoms with Crippen molar-refractivity contribution in [2.75, 3.05) is 37.7 Å². The van der Waals surface area contributed by atoms with Crippen molar-refractivity contribution in [3.63, 3.8) is 0 Å². The first kappa shape index (κ1) is 21.6. The molecule has 0 amide bonds. The Bertz CT molecular complexity index is 974. The average Bonchev–Trinajstić information content (AvgIpc) is 3.18. The molecule has 7 heteroatoms. The SMILES string of the molecule is CCOc1ccc2nc(N3CCCC(N(CC)CCn4cccn4)CC3)nc(C)c2c1. The van der Waals surface area contributed by atoms with Crippen LogP contribution in [0.4, 0.5) is 5.95 Å². The first-order valence-corrected chi connectivity index (χ1v) is 11.6. The number of ether oxygens (including phenoxy) is 1. The van der Waals surface area contributed by atoms with Crippen LogP contribution in [0.5, 0.6) is 5.75 Å². The number of benzene rings is 1. The van der Waals surface area contributed by atoms with Gasteiger partial charge in [-0.2, -0.15) is 5.10 Å². The van der Waals surface area contributed by atoms with Gasteiger partial charge in [-0.25, -0.2) is 9.97 Å². The second kappa shape index (κ2) is 10.1. The first-order chi connectivity index (χ1) is 15.2. The van der Waals surface area contributed by atoms with E-state index in [1.54, 1.807) is 0 Å². The average molecular weight is 423 g/mol. The van der Waals surface area contributed by atoms with Gasteiger partial charge in [-0.1, -0.05) is 6.92 Å². The normalized spacial score (nSPS) is 17.3. The third-order valence-electron chi connectivity index (χ3n) is 6.24. The van der Waals surface area contributed by atoms with Crippen LogP contribution in [0, 0.1) is 6.92 Å². The zero-order chi connectivity index (χ0) is 21.6. The van der Waals surface area contributed by atoms with Crippen LogP contribution in [0.2, 0.25) is 0 Å². The molecule has 1 atom stereocenters. The van der Waals surface area contributed by atoms with E-state index >= 15 is 0 Å². The van der Waals surface area contributed by atoms with Crippen molar-refractivity contribution in [1.29, 1.82) is 0 Å². The lowest BCUT2D eigenvalue weighted by molar-refractivity contribution is 0.182. The summed E-state index contributed by atoms with van der Waals surface area (Å²) in [4.78, 5) is 14.7. The zero-order valence-electron chi connectivity index (χ0n) is 19.0. The number of fused-ring (bicyclic) bond motifs is 1. The summed E-state index contributed by atoms with van der Waals surface area (Å²) in [5.74, 6) is 1.73. The Morgan fingerprint density at radius 1 is 1.16 bits per heavy atom. The van der Waals surface area contributed by atoms with E-state index in [0.717, 1.165) is 73.9 Å². The lowest BCUT2D eigenvalue weighted by Gasteiger charge is -2.30. The van der Waals surface area contributed by atoms with Gasteiger partial charge in [0.15, 0.2) is 0 Å². The fourth-order valence-electron chi connectivity index (χ4n) is 4.55. The van der Waals surface area contributed by atoms with Gasteiger partial charge in [0.25, 0.3) is 0 Å². The standard InChI is InChI=1S/C24H34N6O/c1-4-28(16-17-30-14-7-12-25-30)20-8-6-13-29(15-11-20)24-26-19(3)22-18-21(31-5-2)9-10-23(22)27-24/h7,9-10,12,14,18,20H,4-6,8,11,13,15-17H2,1-3H3. The van der Waals surface area contributed by atoms with Crippen LogP contribution in [0.15, 0.2) is 36.7 Å². The number of rotatable bonds is 8. The highest BCUT2D eigenvalue weighted by Crippen LogP contribution is 2.26. The Hall–Kier alpha value is -2.67. The third kappa shape index (κ3) is 5.15. The minimum Gasteiger partial charge on any atom is -0.494 e. The molecule has 1 saturated heterocycles. The Kier molecular flexibility index (Phi) is 7.02. The third-order valence-corrected chi connectivity index (χ3v) is 6.24. The van der Waals surface area contributed by atoms with E-state index in [9.17, 15) is 0 Å². The Labute approximate surface area is 185 Å². The number of hydrogen-bond acceptors (Lipinski definition) is 6. The highest BCUT2D eigenvalue weighted by atomic mass is 16.5. The number of anilines is 1. The first-order valence-electron chi connectivity index (χ1n) is 11.6. The van der Waals surface area contributed by atoms with Crippen LogP contribution in [0.1, 0.15) is 38.8 Å². The smallest absolute Gasteiger partial charge is 0.226 e. The molecule has 1 unspecified atom stereocenters. The van der Waals surface area contributed by atoms with Crippen molar-refractivity contribution < 1.29 is 4.74 Å². The molecule has 0 N–H and O–H groups in total. The number of nitrogens with zero attached hydrogens (tertiary/aromatic N) is 6. The predicted octanol–water partition coefficient (Wildman–Crippen LogP) is 3.91. The van der Waals surface area contributed by atoms with Gasteiger partial charge in [-0.05, 0) is 63.9 Å². The van der Waals surface area contributed by atoms with Gasteiger partial charge in [-0.15, -0.1) is 0 Å². The summed E-state index contributed by atoms with van der Waals surface area (Å²) < 4.78 is 7.67. The second-order valence-corrected chi connectivity index (χ2v) is 8.19. The van der Waals surface area contributed by atoms with E-state index in [-0.39, 0.29) is 0 Å². The fourth-order valence-corrected chi connectivity index (χ4v) is 4.55. The van der Waals surface area contributed by atoms with E-state index < -0.39 is 0 Å². The van der Waals surface area contributed by atoms with Gasteiger partial charge < -0.3 is 9.64 Å². The van der Waals surface area contributed by atoms with E-state index in [1.165, 1.54) is 6.42 Å². The Balaban J connectivity index is 1.44. The molecule has 1 aromatic carbocycles. The van der Waals surface area contributed by atoms with Gasteiger partial charge in [0, 0.05) is 43.5 Å². The number of hydrogen-bond donors (Lipinski definition) is 0. The summed E-state index contributed by atoms with van der Waals surface area (Å²) in [5.41, 5.74) is 2.00. The summed E-state index contributed by atoms with van der Waals surface area (Å²) >= 11 is 0. The molecule has 0 saturated carbocycles. The molecule has 7 nitrogen and oxygen atoms in total. The summed E-state index contributed by atoms with van der Waals surface area (Å²) in [6.07, 6.45) is 7.40. The number of aryl methyl sites for hydroxylation is 1. The molecule has 1 aliphatic rings. The topological polar surface area (TPSA) is 59.3 Å². The van der Waals surface area contributed by atoms with Gasteiger partial charge in [0.05, 0.1) is 24.4 Å². The van der Waals surface area contributed by atoms with Crippen molar-refractivity contribution in [1.82, 2.24) is 24.6 Å².